The number of nitrogens with one attached hydrogen (secondary N) is 1. The van der Waals surface area contributed by atoms with E-state index in [4.69, 9.17) is 19.4 Å². The molecule has 7 nitrogen and oxygen atoms in total. The summed E-state index contributed by atoms with van der Waals surface area (Å²) >= 11 is 0. The van der Waals surface area contributed by atoms with Crippen LogP contribution in [-0.4, -0.2) is 30.8 Å². The number of hydrogen-bond donors (Lipinski definition) is 2. The molecule has 1 aromatic carbocycles. The second-order valence-electron chi connectivity index (χ2n) is 5.25. The van der Waals surface area contributed by atoms with E-state index in [0.29, 0.717) is 23.4 Å². The van der Waals surface area contributed by atoms with Crippen LogP contribution in [0.3, 0.4) is 0 Å². The van der Waals surface area contributed by atoms with Gasteiger partial charge in [0.25, 0.3) is 5.91 Å². The summed E-state index contributed by atoms with van der Waals surface area (Å²) in [4.78, 5) is 12.5. The molecule has 1 unspecified atom stereocenters. The van der Waals surface area contributed by atoms with Crippen LogP contribution >= 0.6 is 0 Å². The van der Waals surface area contributed by atoms with Crippen LogP contribution in [0.15, 0.2) is 39.5 Å². The number of amides is 1. The summed E-state index contributed by atoms with van der Waals surface area (Å²) < 4.78 is 15.5. The molecule has 0 aliphatic rings. The Kier molecular flexibility index (Phi) is 4.03. The van der Waals surface area contributed by atoms with Gasteiger partial charge < -0.3 is 24.7 Å². The summed E-state index contributed by atoms with van der Waals surface area (Å²) in [5.74, 6) is -0.402. The molecule has 2 aromatic heterocycles. The van der Waals surface area contributed by atoms with Gasteiger partial charge in [0.2, 0.25) is 5.88 Å². The zero-order chi connectivity index (χ0) is 16.4. The first-order chi connectivity index (χ1) is 11.1. The number of carbonyl (C=O) groups is 1. The fourth-order valence-corrected chi connectivity index (χ4v) is 2.45. The Morgan fingerprint density at radius 1 is 1.43 bits per heavy atom. The number of rotatable bonds is 5. The number of furan rings is 1. The summed E-state index contributed by atoms with van der Waals surface area (Å²) in [5.41, 5.74) is 7.70. The van der Waals surface area contributed by atoms with Gasteiger partial charge in [0, 0.05) is 18.5 Å². The highest BCUT2D eigenvalue weighted by Gasteiger charge is 2.25. The van der Waals surface area contributed by atoms with Crippen molar-refractivity contribution >= 4 is 22.8 Å². The summed E-state index contributed by atoms with van der Waals surface area (Å²) in [6.07, 6.45) is 1.54. The van der Waals surface area contributed by atoms with E-state index in [1.807, 2.05) is 31.2 Å². The maximum Gasteiger partial charge on any atom is 0.259 e. The number of carbonyl (C=O) groups excluding carboxylic acids is 1. The second-order valence-corrected chi connectivity index (χ2v) is 5.25. The van der Waals surface area contributed by atoms with E-state index in [-0.39, 0.29) is 23.4 Å². The molecule has 0 radical (unpaired) electrons. The van der Waals surface area contributed by atoms with Crippen molar-refractivity contribution in [3.8, 4) is 11.3 Å². The van der Waals surface area contributed by atoms with Crippen molar-refractivity contribution < 1.29 is 18.5 Å². The molecule has 0 aliphatic heterocycles. The summed E-state index contributed by atoms with van der Waals surface area (Å²) in [7, 11) is 1.57. The Bertz CT molecular complexity index is 837. The molecule has 3 rings (SSSR count). The minimum atomic E-state index is -0.367. The molecular weight excluding hydrogens is 298 g/mol. The van der Waals surface area contributed by atoms with Crippen molar-refractivity contribution in [1.29, 1.82) is 0 Å². The molecule has 1 amide bonds. The van der Waals surface area contributed by atoms with E-state index < -0.39 is 0 Å². The Labute approximate surface area is 132 Å². The highest BCUT2D eigenvalue weighted by Crippen LogP contribution is 2.34. The van der Waals surface area contributed by atoms with Gasteiger partial charge in [-0.2, -0.15) is 0 Å². The maximum absolute atomic E-state index is 12.5. The lowest BCUT2D eigenvalue weighted by molar-refractivity contribution is 0.0906. The molecule has 1 atom stereocenters. The Morgan fingerprint density at radius 2 is 2.22 bits per heavy atom. The molecule has 23 heavy (non-hydrogen) atoms. The van der Waals surface area contributed by atoms with E-state index in [9.17, 15) is 4.79 Å². The van der Waals surface area contributed by atoms with Gasteiger partial charge in [0.1, 0.15) is 23.1 Å². The van der Waals surface area contributed by atoms with Crippen molar-refractivity contribution in [2.45, 2.75) is 13.0 Å². The zero-order valence-electron chi connectivity index (χ0n) is 12.8. The molecule has 0 fully saturated rings. The lowest BCUT2D eigenvalue weighted by Crippen LogP contribution is -2.36. The smallest absolute Gasteiger partial charge is 0.259 e. The third-order valence-corrected chi connectivity index (χ3v) is 3.48. The minimum absolute atomic E-state index is 0.0348. The number of benzene rings is 1. The van der Waals surface area contributed by atoms with Crippen LogP contribution in [0.25, 0.3) is 22.2 Å². The van der Waals surface area contributed by atoms with Crippen LogP contribution in [0.5, 0.6) is 0 Å². The zero-order valence-corrected chi connectivity index (χ0v) is 12.8. The minimum Gasteiger partial charge on any atom is -0.464 e. The van der Waals surface area contributed by atoms with Crippen molar-refractivity contribution in [2.24, 2.45) is 0 Å². The first-order valence-corrected chi connectivity index (χ1v) is 7.13. The molecular formula is C16H17N3O4. The van der Waals surface area contributed by atoms with Gasteiger partial charge in [-0.3, -0.25) is 4.79 Å². The number of anilines is 1. The van der Waals surface area contributed by atoms with Crippen LogP contribution in [-0.2, 0) is 4.74 Å². The Hall–Kier alpha value is -2.80. The molecule has 0 bridgehead atoms. The Morgan fingerprint density at radius 3 is 3.00 bits per heavy atom. The summed E-state index contributed by atoms with van der Waals surface area (Å²) in [6.45, 7) is 2.22. The lowest BCUT2D eigenvalue weighted by atomic mass is 10.1. The third-order valence-electron chi connectivity index (χ3n) is 3.48. The molecule has 3 N–H and O–H groups in total. The van der Waals surface area contributed by atoms with Gasteiger partial charge in [-0.15, -0.1) is 0 Å². The average molecular weight is 315 g/mol. The number of aromatic nitrogens is 1. The highest BCUT2D eigenvalue weighted by atomic mass is 16.5. The Balaban J connectivity index is 2.00. The number of nitrogens with zero attached hydrogens (tertiary/aromatic N) is 1. The fourth-order valence-electron chi connectivity index (χ4n) is 2.45. The van der Waals surface area contributed by atoms with Gasteiger partial charge in [0.15, 0.2) is 0 Å². The van der Waals surface area contributed by atoms with Crippen molar-refractivity contribution in [3.63, 3.8) is 0 Å². The van der Waals surface area contributed by atoms with E-state index in [0.717, 1.165) is 5.39 Å². The van der Waals surface area contributed by atoms with E-state index in [1.165, 1.54) is 6.26 Å². The third kappa shape index (κ3) is 2.78. The van der Waals surface area contributed by atoms with Crippen LogP contribution in [0, 0.1) is 0 Å². The maximum atomic E-state index is 12.5. The van der Waals surface area contributed by atoms with Gasteiger partial charge in [-0.25, -0.2) is 0 Å². The SMILES string of the molecule is COCC(C)NC(=O)c1c(-c2coc3ccccc23)noc1N. The number of para-hydroxylation sites is 1. The molecule has 120 valence electrons. The quantitative estimate of drug-likeness (QED) is 0.749. The average Bonchev–Trinajstić information content (AvgIpc) is 3.10. The van der Waals surface area contributed by atoms with Gasteiger partial charge in [0.05, 0.1) is 12.2 Å². The van der Waals surface area contributed by atoms with Crippen molar-refractivity contribution in [1.82, 2.24) is 10.5 Å². The highest BCUT2D eigenvalue weighted by molar-refractivity contribution is 6.06. The number of ether oxygens (including phenoxy) is 1. The van der Waals surface area contributed by atoms with Crippen LogP contribution in [0.1, 0.15) is 17.3 Å². The van der Waals surface area contributed by atoms with Crippen molar-refractivity contribution in [3.05, 3.63) is 36.1 Å². The van der Waals surface area contributed by atoms with Crippen molar-refractivity contribution in [2.75, 3.05) is 19.5 Å². The number of fused-ring (bicyclic) bond motifs is 1. The van der Waals surface area contributed by atoms with Crippen LogP contribution in [0.4, 0.5) is 5.88 Å². The summed E-state index contributed by atoms with van der Waals surface area (Å²) in [6, 6.07) is 7.30. The largest absolute Gasteiger partial charge is 0.464 e. The number of nitrogens with two attached hydrogens (primary N) is 1. The molecule has 0 saturated heterocycles. The molecule has 0 aliphatic carbocycles. The lowest BCUT2D eigenvalue weighted by Gasteiger charge is -2.12. The first kappa shape index (κ1) is 15.1. The fraction of sp³-hybridized carbons (Fsp3) is 0.250. The molecule has 0 spiro atoms. The molecule has 0 saturated carbocycles. The van der Waals surface area contributed by atoms with E-state index in [1.54, 1.807) is 7.11 Å². The monoisotopic (exact) mass is 315 g/mol. The predicted octanol–water partition coefficient (Wildman–Crippen LogP) is 2.43. The molecule has 2 heterocycles. The normalized spacial score (nSPS) is 12.4. The van der Waals surface area contributed by atoms with E-state index in [2.05, 4.69) is 10.5 Å². The molecule has 7 heteroatoms. The predicted molar refractivity (Wildman–Crippen MR) is 84.9 cm³/mol. The topological polar surface area (TPSA) is 104 Å². The van der Waals surface area contributed by atoms with Crippen LogP contribution < -0.4 is 11.1 Å². The molecule has 3 aromatic rings. The summed E-state index contributed by atoms with van der Waals surface area (Å²) in [5, 5.41) is 7.56. The first-order valence-electron chi connectivity index (χ1n) is 7.13. The number of methoxy groups -OCH3 is 1. The van der Waals surface area contributed by atoms with Crippen LogP contribution in [0.2, 0.25) is 0 Å². The standard InChI is InChI=1S/C16H17N3O4/c1-9(7-21-2)18-16(20)13-14(19-23-15(13)17)11-8-22-12-6-4-3-5-10(11)12/h3-6,8-9H,7,17H2,1-2H3,(H,18,20). The number of hydrogen-bond acceptors (Lipinski definition) is 6. The number of nitrogen functional groups attached to an aromatic ring is 1. The van der Waals surface area contributed by atoms with Gasteiger partial charge in [-0.1, -0.05) is 23.4 Å². The van der Waals surface area contributed by atoms with Gasteiger partial charge in [-0.05, 0) is 13.0 Å². The second kappa shape index (κ2) is 6.13. The van der Waals surface area contributed by atoms with Gasteiger partial charge >= 0.3 is 0 Å². The van der Waals surface area contributed by atoms with E-state index >= 15 is 0 Å².